The molecule has 0 saturated heterocycles. The van der Waals surface area contributed by atoms with Crippen LogP contribution in [0, 0.1) is 10.1 Å². The predicted molar refractivity (Wildman–Crippen MR) is 37.3 cm³/mol. The Balaban J connectivity index is -0.0000000383. The predicted octanol–water partition coefficient (Wildman–Crippen LogP) is -2.30. The Morgan fingerprint density at radius 2 is 1.27 bits per heavy atom. The molecule has 11 heteroatoms. The molecule has 0 bridgehead atoms. The summed E-state index contributed by atoms with van der Waals surface area (Å²) < 4.78 is 31.6. The third kappa shape index (κ3) is 379. The molecule has 0 aliphatic heterocycles. The van der Waals surface area contributed by atoms with Crippen LogP contribution in [-0.4, -0.2) is 109 Å². The second-order valence-electron chi connectivity index (χ2n) is 0.686. The van der Waals surface area contributed by atoms with Crippen LogP contribution in [0.2, 0.25) is 0 Å². The van der Waals surface area contributed by atoms with E-state index in [9.17, 15) is 0 Å². The molecule has 0 fully saturated rings. The molecule has 0 spiro atoms. The molecule has 0 aromatic carbocycles. The van der Waals surface area contributed by atoms with Gasteiger partial charge in [0.25, 0.3) is 5.09 Å². The van der Waals surface area contributed by atoms with Crippen molar-refractivity contribution in [3.8, 4) is 0 Å². The molecule has 11 heavy (non-hydrogen) atoms. The van der Waals surface area contributed by atoms with E-state index in [1.807, 2.05) is 0 Å². The van der Waals surface area contributed by atoms with Crippen molar-refractivity contribution in [3.05, 3.63) is 10.1 Å². The Morgan fingerprint density at radius 3 is 1.27 bits per heavy atom. The van der Waals surface area contributed by atoms with Crippen molar-refractivity contribution in [1.82, 2.24) is 0 Å². The minimum atomic E-state index is -4.67. The van der Waals surface area contributed by atoms with Crippen LogP contribution in [0.15, 0.2) is 0 Å². The van der Waals surface area contributed by atoms with Gasteiger partial charge in [-0.1, -0.05) is 0 Å². The molecule has 0 saturated carbocycles. The molecule has 0 heterocycles. The van der Waals surface area contributed by atoms with Crippen molar-refractivity contribution in [2.75, 3.05) is 0 Å². The topological polar surface area (TPSA) is 138 Å². The van der Waals surface area contributed by atoms with Crippen molar-refractivity contribution >= 4 is 91.3 Å². The molecule has 0 unspecified atom stereocenters. The molecule has 0 atom stereocenters. The standard InChI is InChI=1S/K.HNO3.Na.H2O4S.2H/c;2-1(3)4;;1-5(2,3)4;;/h;(H,2,3,4);;(H2,1,2,3,4);;. The summed E-state index contributed by atoms with van der Waals surface area (Å²) in [6, 6.07) is 0. The summed E-state index contributed by atoms with van der Waals surface area (Å²) >= 11 is 0. The molecule has 0 aliphatic carbocycles. The van der Waals surface area contributed by atoms with Crippen molar-refractivity contribution in [2.45, 2.75) is 0 Å². The normalized spacial score (nSPS) is 7.45. The zero-order valence-electron chi connectivity index (χ0n) is 3.83. The van der Waals surface area contributed by atoms with E-state index >= 15 is 0 Å². The fraction of sp³-hybridized carbons (Fsp3) is 0. The molecule has 0 aromatic heterocycles. The van der Waals surface area contributed by atoms with Crippen LogP contribution in [0.25, 0.3) is 0 Å². The van der Waals surface area contributed by atoms with Crippen LogP contribution in [0.4, 0.5) is 0 Å². The van der Waals surface area contributed by atoms with Gasteiger partial charge in [0.1, 0.15) is 0 Å². The number of hydrogen-bond donors (Lipinski definition) is 3. The Labute approximate surface area is 127 Å². The van der Waals surface area contributed by atoms with Crippen molar-refractivity contribution in [2.24, 2.45) is 0 Å². The molecule has 60 valence electrons. The van der Waals surface area contributed by atoms with Crippen LogP contribution in [-0.2, 0) is 10.4 Å². The Morgan fingerprint density at radius 1 is 1.27 bits per heavy atom. The molecule has 3 N–H and O–H groups in total. The Hall–Kier alpha value is 1.71. The van der Waals surface area contributed by atoms with Gasteiger partial charge in [-0.25, -0.2) is 0 Å². The summed E-state index contributed by atoms with van der Waals surface area (Å²) in [6.07, 6.45) is 0. The van der Waals surface area contributed by atoms with Gasteiger partial charge in [-0.3, -0.25) is 9.11 Å². The molecule has 0 aromatic rings. The third-order valence-electron chi connectivity index (χ3n) is 0. The van der Waals surface area contributed by atoms with E-state index in [-0.39, 0.29) is 80.9 Å². The van der Waals surface area contributed by atoms with E-state index in [0.29, 0.717) is 0 Å². The summed E-state index contributed by atoms with van der Waals surface area (Å²) in [6.45, 7) is 0. The van der Waals surface area contributed by atoms with E-state index in [4.69, 9.17) is 32.8 Å². The molecule has 0 rings (SSSR count). The third-order valence-corrected chi connectivity index (χ3v) is 0. The molecule has 0 aliphatic rings. The average Bonchev–Trinajstić information content (AvgIpc) is 1.19. The Kier molecular flexibility index (Phi) is 24.4. The quantitative estimate of drug-likeness (QED) is 0.182. The first kappa shape index (κ1) is 23.0. The maximum atomic E-state index is 8.74. The summed E-state index contributed by atoms with van der Waals surface area (Å²) in [5, 5.41) is 13.6. The van der Waals surface area contributed by atoms with Crippen LogP contribution >= 0.6 is 0 Å². The molecular weight excluding hydrogens is 220 g/mol. The van der Waals surface area contributed by atoms with Crippen molar-refractivity contribution < 1.29 is 27.8 Å². The van der Waals surface area contributed by atoms with Gasteiger partial charge in [-0.2, -0.15) is 8.42 Å². The number of hydrogen-bond acceptors (Lipinski definition) is 4. The number of nitrogens with zero attached hydrogens (tertiary/aromatic N) is 1. The van der Waals surface area contributed by atoms with Crippen LogP contribution in [0.3, 0.4) is 0 Å². The zero-order chi connectivity index (χ0) is 8.08. The average molecular weight is 225 g/mol. The van der Waals surface area contributed by atoms with Crippen LogP contribution in [0.1, 0.15) is 0 Å². The van der Waals surface area contributed by atoms with Gasteiger partial charge in [0.05, 0.1) is 0 Å². The van der Waals surface area contributed by atoms with Crippen LogP contribution in [0.5, 0.6) is 0 Å². The summed E-state index contributed by atoms with van der Waals surface area (Å²) in [7, 11) is -4.67. The SMILES string of the molecule is O=S(=O)(O)O.O=[N+]([O-])O.[KH].[NaH]. The number of rotatable bonds is 0. The van der Waals surface area contributed by atoms with Crippen LogP contribution < -0.4 is 0 Å². The summed E-state index contributed by atoms with van der Waals surface area (Å²) in [5.41, 5.74) is 0. The van der Waals surface area contributed by atoms with E-state index in [1.54, 1.807) is 0 Å². The minimum absolute atomic E-state index is 0. The van der Waals surface area contributed by atoms with Gasteiger partial charge >= 0.3 is 91.3 Å². The van der Waals surface area contributed by atoms with Gasteiger partial charge in [0.15, 0.2) is 0 Å². The van der Waals surface area contributed by atoms with Gasteiger partial charge < -0.3 is 5.21 Å². The first-order valence-electron chi connectivity index (χ1n) is 1.26. The first-order chi connectivity index (χ1) is 3.73. The monoisotopic (exact) mass is 225 g/mol. The molecule has 8 nitrogen and oxygen atoms in total. The van der Waals surface area contributed by atoms with E-state index in [2.05, 4.69) is 0 Å². The molecular formula is H5KNNaO7S. The van der Waals surface area contributed by atoms with Gasteiger partial charge in [-0.05, 0) is 0 Å². The fourth-order valence-corrected chi connectivity index (χ4v) is 0. The van der Waals surface area contributed by atoms with Gasteiger partial charge in [0, 0.05) is 0 Å². The summed E-state index contributed by atoms with van der Waals surface area (Å²) in [4.78, 5) is 8.36. The zero-order valence-corrected chi connectivity index (χ0v) is 4.65. The Bertz CT molecular complexity index is 161. The van der Waals surface area contributed by atoms with Gasteiger partial charge in [-0.15, -0.1) is 10.1 Å². The van der Waals surface area contributed by atoms with Crippen molar-refractivity contribution in [3.63, 3.8) is 0 Å². The molecule has 0 amide bonds. The van der Waals surface area contributed by atoms with Gasteiger partial charge in [0.2, 0.25) is 0 Å². The second kappa shape index (κ2) is 11.7. The maximum absolute atomic E-state index is 8.74. The van der Waals surface area contributed by atoms with E-state index in [1.165, 1.54) is 0 Å². The van der Waals surface area contributed by atoms with Crippen molar-refractivity contribution in [1.29, 1.82) is 0 Å². The summed E-state index contributed by atoms with van der Waals surface area (Å²) in [5.74, 6) is 0. The van der Waals surface area contributed by atoms with E-state index < -0.39 is 15.5 Å². The molecule has 0 radical (unpaired) electrons. The second-order valence-corrected chi connectivity index (χ2v) is 1.58. The first-order valence-corrected chi connectivity index (χ1v) is 2.66. The van der Waals surface area contributed by atoms with E-state index in [0.717, 1.165) is 0 Å². The fourth-order valence-electron chi connectivity index (χ4n) is 0.